The Hall–Kier alpha value is -2.17. The zero-order valence-corrected chi connectivity index (χ0v) is 11.6. The van der Waals surface area contributed by atoms with E-state index in [2.05, 4.69) is 9.97 Å². The summed E-state index contributed by atoms with van der Waals surface area (Å²) in [5, 5.41) is 10.1. The number of aromatic nitrogens is 2. The number of hydrogen-bond acceptors (Lipinski definition) is 3. The maximum absolute atomic E-state index is 13.8. The quantitative estimate of drug-likeness (QED) is 0.890. The van der Waals surface area contributed by atoms with E-state index in [0.29, 0.717) is 5.82 Å². The SMILES string of the molecule is O=c1[nH]c(C2CCCCC2)nc(O)c1-c1ccccc1F. The Balaban J connectivity index is 2.05. The first-order chi connectivity index (χ1) is 10.2. The van der Waals surface area contributed by atoms with E-state index in [1.54, 1.807) is 6.07 Å². The van der Waals surface area contributed by atoms with Gasteiger partial charge in [0.15, 0.2) is 0 Å². The molecule has 1 heterocycles. The third kappa shape index (κ3) is 2.68. The summed E-state index contributed by atoms with van der Waals surface area (Å²) in [6.45, 7) is 0. The number of aromatic amines is 1. The van der Waals surface area contributed by atoms with Crippen molar-refractivity contribution in [1.29, 1.82) is 0 Å². The van der Waals surface area contributed by atoms with Crippen LogP contribution < -0.4 is 5.56 Å². The molecule has 1 aliphatic rings. The molecular weight excluding hydrogens is 271 g/mol. The monoisotopic (exact) mass is 288 g/mol. The number of nitrogens with zero attached hydrogens (tertiary/aromatic N) is 1. The van der Waals surface area contributed by atoms with Crippen molar-refractivity contribution in [3.8, 4) is 17.0 Å². The maximum atomic E-state index is 13.8. The fourth-order valence-corrected chi connectivity index (χ4v) is 2.95. The van der Waals surface area contributed by atoms with Gasteiger partial charge < -0.3 is 10.1 Å². The third-order valence-electron chi connectivity index (χ3n) is 4.05. The van der Waals surface area contributed by atoms with Crippen LogP contribution in [0.1, 0.15) is 43.8 Å². The van der Waals surface area contributed by atoms with Crippen molar-refractivity contribution in [3.63, 3.8) is 0 Å². The Kier molecular flexibility index (Phi) is 3.73. The largest absolute Gasteiger partial charge is 0.493 e. The number of rotatable bonds is 2. The minimum absolute atomic E-state index is 0.0685. The van der Waals surface area contributed by atoms with E-state index < -0.39 is 17.3 Å². The molecule has 1 aromatic carbocycles. The molecule has 0 unspecified atom stereocenters. The van der Waals surface area contributed by atoms with Gasteiger partial charge in [0, 0.05) is 11.5 Å². The van der Waals surface area contributed by atoms with Gasteiger partial charge in [0.25, 0.3) is 5.56 Å². The van der Waals surface area contributed by atoms with Crippen molar-refractivity contribution >= 4 is 0 Å². The molecule has 1 aromatic heterocycles. The fourth-order valence-electron chi connectivity index (χ4n) is 2.95. The lowest BCUT2D eigenvalue weighted by molar-refractivity contribution is 0.410. The van der Waals surface area contributed by atoms with Gasteiger partial charge in [-0.3, -0.25) is 4.79 Å². The summed E-state index contributed by atoms with van der Waals surface area (Å²) in [6.07, 6.45) is 5.32. The molecule has 110 valence electrons. The van der Waals surface area contributed by atoms with Crippen LogP contribution in [0.15, 0.2) is 29.1 Å². The maximum Gasteiger partial charge on any atom is 0.262 e. The molecule has 0 bridgehead atoms. The van der Waals surface area contributed by atoms with Crippen LogP contribution in [0.2, 0.25) is 0 Å². The van der Waals surface area contributed by atoms with Crippen molar-refractivity contribution in [2.75, 3.05) is 0 Å². The van der Waals surface area contributed by atoms with Crippen LogP contribution in [0, 0.1) is 5.82 Å². The molecule has 4 nitrogen and oxygen atoms in total. The summed E-state index contributed by atoms with van der Waals surface area (Å²) in [6, 6.07) is 5.87. The van der Waals surface area contributed by atoms with E-state index in [-0.39, 0.29) is 17.0 Å². The van der Waals surface area contributed by atoms with Gasteiger partial charge in [0.2, 0.25) is 5.88 Å². The highest BCUT2D eigenvalue weighted by molar-refractivity contribution is 5.67. The van der Waals surface area contributed by atoms with E-state index >= 15 is 0 Å². The Morgan fingerprint density at radius 1 is 1.19 bits per heavy atom. The molecule has 0 aliphatic heterocycles. The molecule has 1 fully saturated rings. The zero-order chi connectivity index (χ0) is 14.8. The summed E-state index contributed by atoms with van der Waals surface area (Å²) in [7, 11) is 0. The molecule has 0 atom stereocenters. The van der Waals surface area contributed by atoms with Crippen LogP contribution in [0.4, 0.5) is 4.39 Å². The topological polar surface area (TPSA) is 66.0 Å². The lowest BCUT2D eigenvalue weighted by Crippen LogP contribution is -2.18. The summed E-state index contributed by atoms with van der Waals surface area (Å²) in [4.78, 5) is 19.1. The van der Waals surface area contributed by atoms with Crippen LogP contribution in [0.3, 0.4) is 0 Å². The molecule has 1 saturated carbocycles. The first-order valence-corrected chi connectivity index (χ1v) is 7.25. The highest BCUT2D eigenvalue weighted by Gasteiger charge is 2.22. The molecule has 1 aliphatic carbocycles. The van der Waals surface area contributed by atoms with Crippen LogP contribution in [0.5, 0.6) is 5.88 Å². The van der Waals surface area contributed by atoms with Gasteiger partial charge >= 0.3 is 0 Å². The molecular formula is C16H17FN2O2. The Bertz CT molecular complexity index is 706. The van der Waals surface area contributed by atoms with E-state index in [9.17, 15) is 14.3 Å². The van der Waals surface area contributed by atoms with Gasteiger partial charge in [0.05, 0.1) is 0 Å². The smallest absolute Gasteiger partial charge is 0.262 e. The van der Waals surface area contributed by atoms with Gasteiger partial charge in [-0.1, -0.05) is 37.5 Å². The predicted molar refractivity (Wildman–Crippen MR) is 77.7 cm³/mol. The molecule has 5 heteroatoms. The number of benzene rings is 1. The first kappa shape index (κ1) is 13.8. The van der Waals surface area contributed by atoms with E-state index in [1.165, 1.54) is 24.6 Å². The van der Waals surface area contributed by atoms with Gasteiger partial charge in [-0.15, -0.1) is 0 Å². The highest BCUT2D eigenvalue weighted by Crippen LogP contribution is 2.32. The molecule has 2 N–H and O–H groups in total. The number of nitrogens with one attached hydrogen (secondary N) is 1. The van der Waals surface area contributed by atoms with Crippen molar-refractivity contribution in [3.05, 3.63) is 46.3 Å². The zero-order valence-electron chi connectivity index (χ0n) is 11.6. The second kappa shape index (κ2) is 5.68. The number of hydrogen-bond donors (Lipinski definition) is 2. The summed E-state index contributed by atoms with van der Waals surface area (Å²) in [5.41, 5.74) is -0.528. The highest BCUT2D eigenvalue weighted by atomic mass is 19.1. The van der Waals surface area contributed by atoms with Crippen LogP contribution in [-0.4, -0.2) is 15.1 Å². The second-order valence-electron chi connectivity index (χ2n) is 5.46. The van der Waals surface area contributed by atoms with E-state index in [4.69, 9.17) is 0 Å². The molecule has 0 spiro atoms. The van der Waals surface area contributed by atoms with Crippen molar-refractivity contribution in [1.82, 2.24) is 9.97 Å². The number of H-pyrrole nitrogens is 1. The van der Waals surface area contributed by atoms with Crippen molar-refractivity contribution < 1.29 is 9.50 Å². The first-order valence-electron chi connectivity index (χ1n) is 7.25. The molecule has 0 saturated heterocycles. The predicted octanol–water partition coefficient (Wildman–Crippen LogP) is 3.33. The molecule has 3 rings (SSSR count). The summed E-state index contributed by atoms with van der Waals surface area (Å²) >= 11 is 0. The summed E-state index contributed by atoms with van der Waals surface area (Å²) < 4.78 is 13.8. The van der Waals surface area contributed by atoms with Gasteiger partial charge in [-0.2, -0.15) is 4.98 Å². The Labute approximate surface area is 121 Å². The minimum Gasteiger partial charge on any atom is -0.493 e. The molecule has 21 heavy (non-hydrogen) atoms. The van der Waals surface area contributed by atoms with Crippen LogP contribution in [0.25, 0.3) is 11.1 Å². The van der Waals surface area contributed by atoms with E-state index in [0.717, 1.165) is 25.7 Å². The standard InChI is InChI=1S/C16H17FN2O2/c17-12-9-5-4-8-11(12)13-15(20)18-14(19-16(13)21)10-6-2-1-3-7-10/h4-5,8-10H,1-3,6-7H2,(H2,18,19,20,21). The fraction of sp³-hybridized carbons (Fsp3) is 0.375. The second-order valence-corrected chi connectivity index (χ2v) is 5.46. The summed E-state index contributed by atoms with van der Waals surface area (Å²) in [5.74, 6) is -0.265. The van der Waals surface area contributed by atoms with Gasteiger partial charge in [0.1, 0.15) is 17.2 Å². The minimum atomic E-state index is -0.550. The van der Waals surface area contributed by atoms with Crippen molar-refractivity contribution in [2.45, 2.75) is 38.0 Å². The molecule has 0 amide bonds. The number of aromatic hydroxyl groups is 1. The normalized spacial score (nSPS) is 16.0. The van der Waals surface area contributed by atoms with Gasteiger partial charge in [-0.05, 0) is 18.9 Å². The van der Waals surface area contributed by atoms with Crippen LogP contribution >= 0.6 is 0 Å². The average Bonchev–Trinajstić information content (AvgIpc) is 2.49. The average molecular weight is 288 g/mol. The van der Waals surface area contributed by atoms with E-state index in [1.807, 2.05) is 0 Å². The lowest BCUT2D eigenvalue weighted by atomic mass is 9.88. The van der Waals surface area contributed by atoms with Crippen molar-refractivity contribution in [2.24, 2.45) is 0 Å². The Morgan fingerprint density at radius 2 is 1.90 bits per heavy atom. The Morgan fingerprint density at radius 3 is 2.57 bits per heavy atom. The lowest BCUT2D eigenvalue weighted by Gasteiger charge is -2.20. The third-order valence-corrected chi connectivity index (χ3v) is 4.05. The molecule has 2 aromatic rings. The molecule has 0 radical (unpaired) electrons. The number of halogens is 1. The van der Waals surface area contributed by atoms with Gasteiger partial charge in [-0.25, -0.2) is 4.39 Å². The van der Waals surface area contributed by atoms with Crippen LogP contribution in [-0.2, 0) is 0 Å².